The molecule has 1 aromatic rings. The van der Waals surface area contributed by atoms with Crippen molar-refractivity contribution in [3.05, 3.63) is 35.6 Å². The average molecular weight is 394 g/mol. The fourth-order valence-electron chi connectivity index (χ4n) is 2.50. The minimum atomic E-state index is -5.08. The van der Waals surface area contributed by atoms with Crippen LogP contribution in [-0.4, -0.2) is 59.3 Å². The van der Waals surface area contributed by atoms with Crippen LogP contribution >= 0.6 is 0 Å². The van der Waals surface area contributed by atoms with E-state index in [2.05, 4.69) is 17.3 Å². The van der Waals surface area contributed by atoms with Crippen LogP contribution in [0.4, 0.5) is 17.6 Å². The van der Waals surface area contributed by atoms with Gasteiger partial charge in [0.1, 0.15) is 5.82 Å². The number of carbonyl (C=O) groups excluding carboxylic acids is 1. The first kappa shape index (κ1) is 22.8. The number of nitrogens with zero attached hydrogens (tertiary/aromatic N) is 1. The lowest BCUT2D eigenvalue weighted by Crippen LogP contribution is -2.38. The first-order chi connectivity index (χ1) is 12.5. The lowest BCUT2D eigenvalue weighted by Gasteiger charge is -2.19. The minimum Gasteiger partial charge on any atom is -0.475 e. The third kappa shape index (κ3) is 7.92. The van der Waals surface area contributed by atoms with Gasteiger partial charge in [-0.2, -0.15) is 13.2 Å². The van der Waals surface area contributed by atoms with Gasteiger partial charge in [0.05, 0.1) is 0 Å². The number of carboxylic acid groups (broad SMARTS) is 1. The molecule has 27 heavy (non-hydrogen) atoms. The number of aliphatic hydroxyl groups excluding tert-OH is 1. The number of likely N-dealkylation sites (tertiary alicyclic amines) is 1. The summed E-state index contributed by atoms with van der Waals surface area (Å²) >= 11 is 0. The molecule has 6 nitrogen and oxygen atoms in total. The molecule has 1 fully saturated rings. The molecule has 1 unspecified atom stereocenters. The highest BCUT2D eigenvalue weighted by molar-refractivity contribution is 5.82. The van der Waals surface area contributed by atoms with Gasteiger partial charge < -0.3 is 20.4 Å². The standard InChI is InChI=1S/C15H21FN2O2.C2HF3O2/c1-18-9-4-5-11(8-10-18)17-15(20)14(19)12-6-2-3-7-13(12)16;3-2(4,5)1(6)7/h2-3,6-7,11,14,19H,4-5,8-10H2,1H3,(H,17,20);(H,6,7)/t11?,14-;/m1./s1. The molecule has 1 heterocycles. The number of amides is 1. The van der Waals surface area contributed by atoms with Gasteiger partial charge in [0.15, 0.2) is 6.10 Å². The Bertz CT molecular complexity index is 640. The number of carboxylic acids is 1. The molecule has 0 bridgehead atoms. The van der Waals surface area contributed by atoms with Crippen LogP contribution in [0.5, 0.6) is 0 Å². The Morgan fingerprint density at radius 1 is 1.22 bits per heavy atom. The molecule has 1 aliphatic heterocycles. The lowest BCUT2D eigenvalue weighted by molar-refractivity contribution is -0.192. The summed E-state index contributed by atoms with van der Waals surface area (Å²) < 4.78 is 45.3. The molecule has 0 radical (unpaired) electrons. The van der Waals surface area contributed by atoms with E-state index >= 15 is 0 Å². The van der Waals surface area contributed by atoms with Crippen molar-refractivity contribution in [3.63, 3.8) is 0 Å². The number of rotatable bonds is 3. The molecule has 1 aliphatic rings. The van der Waals surface area contributed by atoms with Crippen LogP contribution in [0.3, 0.4) is 0 Å². The Hall–Kier alpha value is -2.20. The SMILES string of the molecule is CN1CCCC(NC(=O)[C@H](O)c2ccccc2F)CC1.O=C(O)C(F)(F)F. The normalized spacial score (nSPS) is 19.3. The van der Waals surface area contributed by atoms with Gasteiger partial charge in [0.2, 0.25) is 0 Å². The summed E-state index contributed by atoms with van der Waals surface area (Å²) in [5.41, 5.74) is 0.0238. The maximum Gasteiger partial charge on any atom is 0.490 e. The summed E-state index contributed by atoms with van der Waals surface area (Å²) in [7, 11) is 2.05. The zero-order valence-corrected chi connectivity index (χ0v) is 14.7. The molecule has 2 atom stereocenters. The summed E-state index contributed by atoms with van der Waals surface area (Å²) in [5.74, 6) is -3.84. The first-order valence-corrected chi connectivity index (χ1v) is 8.24. The zero-order valence-electron chi connectivity index (χ0n) is 14.7. The molecule has 0 spiro atoms. The molecular formula is C17H22F4N2O4. The molecule has 0 saturated carbocycles. The summed E-state index contributed by atoms with van der Waals surface area (Å²) in [6, 6.07) is 5.86. The fourth-order valence-corrected chi connectivity index (χ4v) is 2.50. The van der Waals surface area contributed by atoms with Crippen LogP contribution in [0.1, 0.15) is 30.9 Å². The molecule has 3 N–H and O–H groups in total. The van der Waals surface area contributed by atoms with Crippen molar-refractivity contribution in [2.75, 3.05) is 20.1 Å². The highest BCUT2D eigenvalue weighted by Crippen LogP contribution is 2.18. The van der Waals surface area contributed by atoms with E-state index in [1.165, 1.54) is 18.2 Å². The summed E-state index contributed by atoms with van der Waals surface area (Å²) in [6.07, 6.45) is -3.78. The van der Waals surface area contributed by atoms with Crippen LogP contribution in [0.25, 0.3) is 0 Å². The van der Waals surface area contributed by atoms with Gasteiger partial charge in [0, 0.05) is 11.6 Å². The van der Waals surface area contributed by atoms with E-state index in [1.807, 2.05) is 0 Å². The number of alkyl halides is 3. The molecular weight excluding hydrogens is 372 g/mol. The second kappa shape index (κ2) is 10.2. The lowest BCUT2D eigenvalue weighted by atomic mass is 10.1. The molecule has 152 valence electrons. The highest BCUT2D eigenvalue weighted by Gasteiger charge is 2.38. The number of halogens is 4. The predicted molar refractivity (Wildman–Crippen MR) is 88.3 cm³/mol. The Labute approximate surface area is 153 Å². The summed E-state index contributed by atoms with van der Waals surface area (Å²) in [5, 5.41) is 19.9. The number of hydrogen-bond acceptors (Lipinski definition) is 4. The smallest absolute Gasteiger partial charge is 0.475 e. The summed E-state index contributed by atoms with van der Waals surface area (Å²) in [4.78, 5) is 23.1. The van der Waals surface area contributed by atoms with Crippen molar-refractivity contribution >= 4 is 11.9 Å². The van der Waals surface area contributed by atoms with Crippen molar-refractivity contribution in [2.24, 2.45) is 0 Å². The molecule has 1 amide bonds. The van der Waals surface area contributed by atoms with Crippen molar-refractivity contribution in [1.29, 1.82) is 0 Å². The minimum absolute atomic E-state index is 0.0238. The number of aliphatic hydroxyl groups is 1. The molecule has 0 aliphatic carbocycles. The summed E-state index contributed by atoms with van der Waals surface area (Å²) in [6.45, 7) is 1.93. The van der Waals surface area contributed by atoms with Crippen molar-refractivity contribution < 1.29 is 37.4 Å². The van der Waals surface area contributed by atoms with E-state index < -0.39 is 30.0 Å². The predicted octanol–water partition coefficient (Wildman–Crippen LogP) is 2.09. The largest absolute Gasteiger partial charge is 0.490 e. The van der Waals surface area contributed by atoms with E-state index in [0.29, 0.717) is 0 Å². The van der Waals surface area contributed by atoms with Gasteiger partial charge in [-0.3, -0.25) is 4.79 Å². The van der Waals surface area contributed by atoms with Crippen molar-refractivity contribution in [3.8, 4) is 0 Å². The van der Waals surface area contributed by atoms with E-state index in [1.54, 1.807) is 6.07 Å². The van der Waals surface area contributed by atoms with Gasteiger partial charge >= 0.3 is 12.1 Å². The van der Waals surface area contributed by atoms with E-state index in [-0.39, 0.29) is 11.6 Å². The number of aliphatic carboxylic acids is 1. The van der Waals surface area contributed by atoms with Crippen molar-refractivity contribution in [2.45, 2.75) is 37.6 Å². The Morgan fingerprint density at radius 2 is 1.81 bits per heavy atom. The second-order valence-corrected chi connectivity index (χ2v) is 6.17. The van der Waals surface area contributed by atoms with Gasteiger partial charge in [-0.15, -0.1) is 0 Å². The van der Waals surface area contributed by atoms with Crippen LogP contribution in [0.2, 0.25) is 0 Å². The number of hydrogen-bond donors (Lipinski definition) is 3. The fraction of sp³-hybridized carbons (Fsp3) is 0.529. The number of benzene rings is 1. The zero-order chi connectivity index (χ0) is 20.6. The van der Waals surface area contributed by atoms with E-state index in [0.717, 1.165) is 32.4 Å². The first-order valence-electron chi connectivity index (χ1n) is 8.24. The molecule has 0 aromatic heterocycles. The molecule has 2 rings (SSSR count). The number of carbonyl (C=O) groups is 2. The Kier molecular flexibility index (Phi) is 8.64. The quantitative estimate of drug-likeness (QED) is 0.683. The maximum atomic E-state index is 13.5. The molecule has 1 saturated heterocycles. The van der Waals surface area contributed by atoms with Crippen LogP contribution in [0, 0.1) is 5.82 Å². The van der Waals surface area contributed by atoms with E-state index in [4.69, 9.17) is 9.90 Å². The Balaban J connectivity index is 0.000000445. The van der Waals surface area contributed by atoms with Gasteiger partial charge in [-0.25, -0.2) is 9.18 Å². The number of nitrogens with one attached hydrogen (secondary N) is 1. The monoisotopic (exact) mass is 394 g/mol. The molecule has 1 aromatic carbocycles. The molecule has 10 heteroatoms. The Morgan fingerprint density at radius 3 is 2.37 bits per heavy atom. The van der Waals surface area contributed by atoms with Gasteiger partial charge in [-0.05, 0) is 45.5 Å². The van der Waals surface area contributed by atoms with Crippen molar-refractivity contribution in [1.82, 2.24) is 10.2 Å². The van der Waals surface area contributed by atoms with Gasteiger partial charge in [0.25, 0.3) is 5.91 Å². The third-order valence-electron chi connectivity index (χ3n) is 3.99. The van der Waals surface area contributed by atoms with Crippen LogP contribution < -0.4 is 5.32 Å². The highest BCUT2D eigenvalue weighted by atomic mass is 19.4. The van der Waals surface area contributed by atoms with Crippen LogP contribution in [0.15, 0.2) is 24.3 Å². The average Bonchev–Trinajstić information content (AvgIpc) is 2.79. The van der Waals surface area contributed by atoms with Crippen LogP contribution in [-0.2, 0) is 9.59 Å². The van der Waals surface area contributed by atoms with E-state index in [9.17, 15) is 27.5 Å². The maximum absolute atomic E-state index is 13.5. The topological polar surface area (TPSA) is 89.9 Å². The second-order valence-electron chi connectivity index (χ2n) is 6.17. The van der Waals surface area contributed by atoms with Gasteiger partial charge in [-0.1, -0.05) is 18.2 Å². The third-order valence-corrected chi connectivity index (χ3v) is 3.99.